The van der Waals surface area contributed by atoms with E-state index in [9.17, 15) is 4.79 Å². The molecule has 0 saturated carbocycles. The number of rotatable bonds is 3. The predicted molar refractivity (Wildman–Crippen MR) is 76.6 cm³/mol. The first-order valence-corrected chi connectivity index (χ1v) is 7.60. The number of nitrogens with zero attached hydrogens (tertiary/aromatic N) is 2. The van der Waals surface area contributed by atoms with E-state index in [1.54, 1.807) is 6.92 Å². The van der Waals surface area contributed by atoms with Gasteiger partial charge >= 0.3 is 121 Å². The number of carbonyl (C=O) groups is 1. The van der Waals surface area contributed by atoms with Crippen molar-refractivity contribution in [3.05, 3.63) is 39.9 Å². The number of halogens is 1. The van der Waals surface area contributed by atoms with Gasteiger partial charge in [-0.15, -0.1) is 0 Å². The molecule has 0 atom stereocenters. The van der Waals surface area contributed by atoms with Crippen LogP contribution in [0.1, 0.15) is 12.6 Å². The summed E-state index contributed by atoms with van der Waals surface area (Å²) in [4.78, 5) is 17.1. The minimum atomic E-state index is -0.689. The van der Waals surface area contributed by atoms with Crippen LogP contribution in [0.5, 0.6) is 0 Å². The van der Waals surface area contributed by atoms with E-state index in [4.69, 9.17) is 17.3 Å². The van der Waals surface area contributed by atoms with E-state index >= 15 is 0 Å². The van der Waals surface area contributed by atoms with Gasteiger partial charge in [-0.05, 0) is 0 Å². The van der Waals surface area contributed by atoms with Crippen LogP contribution in [0.15, 0.2) is 34.3 Å². The summed E-state index contributed by atoms with van der Waals surface area (Å²) in [5.74, 6) is 0. The first-order chi connectivity index (χ1) is 9.06. The molecule has 0 aliphatic rings. The Labute approximate surface area is 121 Å². The van der Waals surface area contributed by atoms with Gasteiger partial charge in [0.2, 0.25) is 0 Å². The number of primary amides is 1. The van der Waals surface area contributed by atoms with Gasteiger partial charge in [-0.3, -0.25) is 0 Å². The fourth-order valence-electron chi connectivity index (χ4n) is 1.36. The molecule has 5 nitrogen and oxygen atoms in total. The molecule has 1 aromatic heterocycles. The number of nitrogens with two attached hydrogens (primary N) is 1. The van der Waals surface area contributed by atoms with E-state index < -0.39 is 6.03 Å². The van der Waals surface area contributed by atoms with Gasteiger partial charge in [-0.25, -0.2) is 0 Å². The first-order valence-electron chi connectivity index (χ1n) is 5.38. The fourth-order valence-corrected chi connectivity index (χ4v) is 3.31. The standard InChI is InChI=1S/C12H11ClN4OSe/c1-7(16-17-12(14)18)10-6-19-11(15-10)8-2-4-9(13)5-3-8/h2-6H,1H3,(H3,14,17,18)/b16-7+. The monoisotopic (exact) mass is 342 g/mol. The van der Waals surface area contributed by atoms with E-state index in [0.29, 0.717) is 10.7 Å². The van der Waals surface area contributed by atoms with E-state index in [1.807, 2.05) is 29.2 Å². The summed E-state index contributed by atoms with van der Waals surface area (Å²) in [5.41, 5.74) is 9.58. The van der Waals surface area contributed by atoms with Gasteiger partial charge in [0.15, 0.2) is 0 Å². The van der Waals surface area contributed by atoms with Crippen LogP contribution >= 0.6 is 11.6 Å². The van der Waals surface area contributed by atoms with Crippen LogP contribution in [0, 0.1) is 0 Å². The minimum absolute atomic E-state index is 0.146. The van der Waals surface area contributed by atoms with Crippen molar-refractivity contribution in [2.75, 3.05) is 0 Å². The predicted octanol–water partition coefficient (Wildman–Crippen LogP) is 1.85. The van der Waals surface area contributed by atoms with Crippen molar-refractivity contribution in [3.63, 3.8) is 0 Å². The summed E-state index contributed by atoms with van der Waals surface area (Å²) in [7, 11) is 0. The summed E-state index contributed by atoms with van der Waals surface area (Å²) < 4.78 is 1.01. The zero-order valence-corrected chi connectivity index (χ0v) is 12.5. The van der Waals surface area contributed by atoms with Crippen molar-refractivity contribution in [1.29, 1.82) is 0 Å². The number of carbonyl (C=O) groups excluding carboxylic acids is 1. The second-order valence-electron chi connectivity index (χ2n) is 3.72. The molecule has 7 heteroatoms. The molecule has 0 aliphatic heterocycles. The Morgan fingerprint density at radius 2 is 2.11 bits per heavy atom. The Kier molecular flexibility index (Phi) is 4.37. The second kappa shape index (κ2) is 6.01. The number of urea groups is 1. The molecular formula is C12H11ClN4OSe. The summed E-state index contributed by atoms with van der Waals surface area (Å²) >= 11 is 5.99. The Morgan fingerprint density at radius 1 is 1.42 bits per heavy atom. The molecule has 0 saturated heterocycles. The van der Waals surface area contributed by atoms with Gasteiger partial charge in [0.05, 0.1) is 0 Å². The molecule has 0 spiro atoms. The summed E-state index contributed by atoms with van der Waals surface area (Å²) in [6.45, 7) is 1.77. The Balaban J connectivity index is 2.21. The van der Waals surface area contributed by atoms with Gasteiger partial charge < -0.3 is 0 Å². The van der Waals surface area contributed by atoms with Crippen LogP contribution in [0.25, 0.3) is 10.1 Å². The molecule has 2 aromatic rings. The molecule has 0 fully saturated rings. The van der Waals surface area contributed by atoms with Crippen LogP contribution in [0.2, 0.25) is 5.02 Å². The third kappa shape index (κ3) is 3.67. The molecule has 2 amide bonds. The average molecular weight is 342 g/mol. The zero-order chi connectivity index (χ0) is 13.8. The molecule has 0 unspecified atom stereocenters. The number of hydrogen-bond donors (Lipinski definition) is 2. The van der Waals surface area contributed by atoms with Gasteiger partial charge in [0.1, 0.15) is 0 Å². The molecule has 3 N–H and O–H groups in total. The molecule has 2 rings (SSSR count). The summed E-state index contributed by atoms with van der Waals surface area (Å²) in [6, 6.07) is 6.86. The third-order valence-corrected chi connectivity index (χ3v) is 4.42. The maximum absolute atomic E-state index is 10.6. The SMILES string of the molecule is C/C(=N\NC(N)=O)c1c[se]c(-c2ccc(Cl)cc2)n1. The fraction of sp³-hybridized carbons (Fsp3) is 0.0833. The molecule has 19 heavy (non-hydrogen) atoms. The van der Waals surface area contributed by atoms with Gasteiger partial charge in [0, 0.05) is 0 Å². The van der Waals surface area contributed by atoms with E-state index in [1.165, 1.54) is 0 Å². The molecule has 98 valence electrons. The number of amides is 2. The van der Waals surface area contributed by atoms with Crippen LogP contribution in [-0.4, -0.2) is 31.2 Å². The van der Waals surface area contributed by atoms with E-state index in [0.717, 1.165) is 15.8 Å². The van der Waals surface area contributed by atoms with Gasteiger partial charge in [0.25, 0.3) is 0 Å². The molecule has 0 bridgehead atoms. The molecule has 1 heterocycles. The zero-order valence-electron chi connectivity index (χ0n) is 10.1. The number of nitrogens with one attached hydrogen (secondary N) is 1. The van der Waals surface area contributed by atoms with Gasteiger partial charge in [-0.2, -0.15) is 0 Å². The normalized spacial score (nSPS) is 11.4. The van der Waals surface area contributed by atoms with Gasteiger partial charge in [-0.1, -0.05) is 0 Å². The summed E-state index contributed by atoms with van der Waals surface area (Å²) in [5, 5.41) is 4.55. The van der Waals surface area contributed by atoms with Crippen LogP contribution in [0.3, 0.4) is 0 Å². The molecule has 1 aromatic carbocycles. The van der Waals surface area contributed by atoms with Crippen molar-refractivity contribution >= 4 is 37.8 Å². The van der Waals surface area contributed by atoms with Crippen LogP contribution < -0.4 is 11.2 Å². The molecule has 0 radical (unpaired) electrons. The van der Waals surface area contributed by atoms with Crippen molar-refractivity contribution in [2.45, 2.75) is 6.92 Å². The number of benzene rings is 1. The molecule has 0 aliphatic carbocycles. The maximum atomic E-state index is 10.6. The van der Waals surface area contributed by atoms with E-state index in [2.05, 4.69) is 15.5 Å². The van der Waals surface area contributed by atoms with Crippen molar-refractivity contribution in [3.8, 4) is 10.1 Å². The first kappa shape index (κ1) is 13.8. The van der Waals surface area contributed by atoms with Crippen molar-refractivity contribution < 1.29 is 4.79 Å². The Bertz CT molecular complexity index is 621. The quantitative estimate of drug-likeness (QED) is 0.507. The average Bonchev–Trinajstić information content (AvgIpc) is 2.86. The van der Waals surface area contributed by atoms with Crippen LogP contribution in [-0.2, 0) is 0 Å². The Morgan fingerprint density at radius 3 is 2.74 bits per heavy atom. The molecular weight excluding hydrogens is 331 g/mol. The number of aromatic nitrogens is 1. The van der Waals surface area contributed by atoms with Crippen molar-refractivity contribution in [2.24, 2.45) is 10.8 Å². The van der Waals surface area contributed by atoms with Crippen LogP contribution in [0.4, 0.5) is 4.79 Å². The third-order valence-electron chi connectivity index (χ3n) is 2.30. The number of hydrogen-bond acceptors (Lipinski definition) is 3. The second-order valence-corrected chi connectivity index (χ2v) is 5.95. The van der Waals surface area contributed by atoms with Crippen molar-refractivity contribution in [1.82, 2.24) is 10.4 Å². The Hall–Kier alpha value is -1.62. The topological polar surface area (TPSA) is 80.4 Å². The number of hydrazone groups is 1. The summed E-state index contributed by atoms with van der Waals surface area (Å²) in [6.07, 6.45) is 0. The van der Waals surface area contributed by atoms with E-state index in [-0.39, 0.29) is 14.5 Å².